The zero-order valence-electron chi connectivity index (χ0n) is 16.0. The van der Waals surface area contributed by atoms with Gasteiger partial charge < -0.3 is 9.84 Å². The molecule has 1 aromatic heterocycles. The fourth-order valence-electron chi connectivity index (χ4n) is 2.70. The largest absolute Gasteiger partial charge is 0.573 e. The Kier molecular flexibility index (Phi) is 6.50. The first-order chi connectivity index (χ1) is 15.1. The van der Waals surface area contributed by atoms with Crippen LogP contribution in [0, 0.1) is 0 Å². The predicted octanol–water partition coefficient (Wildman–Crippen LogP) is 4.65. The predicted molar refractivity (Wildman–Crippen MR) is 113 cm³/mol. The van der Waals surface area contributed by atoms with E-state index in [0.29, 0.717) is 5.16 Å². The van der Waals surface area contributed by atoms with Crippen LogP contribution in [0.2, 0.25) is 0 Å². The van der Waals surface area contributed by atoms with Crippen molar-refractivity contribution in [3.8, 4) is 11.5 Å². The molecule has 8 nitrogen and oxygen atoms in total. The highest BCUT2D eigenvalue weighted by Crippen LogP contribution is 2.42. The van der Waals surface area contributed by atoms with Gasteiger partial charge in [0.1, 0.15) is 22.7 Å². The number of para-hydroxylation sites is 1. The molecule has 168 valence electrons. The Labute approximate surface area is 184 Å². The van der Waals surface area contributed by atoms with Crippen LogP contribution in [0.4, 0.5) is 18.9 Å². The molecule has 3 N–H and O–H groups in total. The summed E-state index contributed by atoms with van der Waals surface area (Å²) in [5, 5.41) is 17.2. The zero-order valence-corrected chi connectivity index (χ0v) is 17.7. The van der Waals surface area contributed by atoms with Crippen molar-refractivity contribution in [2.75, 3.05) is 4.72 Å². The Balaban J connectivity index is 2.10. The summed E-state index contributed by atoms with van der Waals surface area (Å²) in [5.41, 5.74) is 0.260. The zero-order chi connectivity index (χ0) is 23.5. The second-order valence-electron chi connectivity index (χ2n) is 6.00. The average Bonchev–Trinajstić information content (AvgIpc) is 3.22. The average molecular weight is 484 g/mol. The van der Waals surface area contributed by atoms with Crippen molar-refractivity contribution >= 4 is 39.6 Å². The highest BCUT2D eigenvalue weighted by molar-refractivity contribution is 7.99. The lowest BCUT2D eigenvalue weighted by atomic mass is 10.0. The van der Waals surface area contributed by atoms with Crippen LogP contribution in [0.1, 0.15) is 11.1 Å². The van der Waals surface area contributed by atoms with Gasteiger partial charge in [-0.25, -0.2) is 13.4 Å². The number of anilines is 1. The van der Waals surface area contributed by atoms with Gasteiger partial charge in [0.15, 0.2) is 5.16 Å². The van der Waals surface area contributed by atoms with E-state index in [0.717, 1.165) is 23.9 Å². The highest BCUT2D eigenvalue weighted by Gasteiger charge is 2.34. The standard InChI is InChI=1S/C19H15F3N4O4S2/c1-3-11-12(4-2)17(27)15(31-18-23-10-24-25-18)9-13(11)26-32(28,29)16-8-6-5-7-14(16)30-19(20,21)22/h3-10,26-27H,1-2H2,(H,23,24,25). The molecule has 0 aliphatic rings. The lowest BCUT2D eigenvalue weighted by Gasteiger charge is -2.18. The number of phenols is 1. The normalized spacial score (nSPS) is 11.7. The topological polar surface area (TPSA) is 117 Å². The van der Waals surface area contributed by atoms with E-state index in [1.807, 2.05) is 0 Å². The maximum absolute atomic E-state index is 13.0. The van der Waals surface area contributed by atoms with Gasteiger partial charge >= 0.3 is 6.36 Å². The number of ether oxygens (including phenoxy) is 1. The minimum Gasteiger partial charge on any atom is -0.506 e. The number of H-pyrrole nitrogens is 1. The Morgan fingerprint density at radius 2 is 1.88 bits per heavy atom. The molecule has 0 fully saturated rings. The first-order valence-corrected chi connectivity index (χ1v) is 10.9. The molecule has 0 atom stereocenters. The SMILES string of the molecule is C=Cc1c(NS(=O)(=O)c2ccccc2OC(F)(F)F)cc(Sc2ncn[nH]2)c(O)c1C=C. The summed E-state index contributed by atoms with van der Waals surface area (Å²) in [6.07, 6.45) is -1.29. The second kappa shape index (κ2) is 8.96. The number of benzene rings is 2. The number of nitrogens with zero attached hydrogens (tertiary/aromatic N) is 2. The maximum Gasteiger partial charge on any atom is 0.573 e. The molecule has 3 aromatic rings. The number of halogens is 3. The quantitative estimate of drug-likeness (QED) is 0.399. The van der Waals surface area contributed by atoms with Crippen molar-refractivity contribution in [1.29, 1.82) is 0 Å². The molecule has 0 saturated carbocycles. The molecule has 0 saturated heterocycles. The van der Waals surface area contributed by atoms with E-state index < -0.39 is 27.0 Å². The van der Waals surface area contributed by atoms with Crippen LogP contribution in [-0.2, 0) is 10.0 Å². The summed E-state index contributed by atoms with van der Waals surface area (Å²) in [5.74, 6) is -1.12. The fourth-order valence-corrected chi connectivity index (χ4v) is 4.69. The number of hydrogen-bond donors (Lipinski definition) is 3. The summed E-state index contributed by atoms with van der Waals surface area (Å²) in [7, 11) is -4.55. The number of aromatic hydroxyl groups is 1. The number of sulfonamides is 1. The van der Waals surface area contributed by atoms with Crippen molar-refractivity contribution in [2.24, 2.45) is 0 Å². The maximum atomic E-state index is 13.0. The van der Waals surface area contributed by atoms with Crippen LogP contribution >= 0.6 is 11.8 Å². The van der Waals surface area contributed by atoms with Crippen molar-refractivity contribution in [2.45, 2.75) is 21.3 Å². The molecule has 1 heterocycles. The van der Waals surface area contributed by atoms with E-state index in [1.54, 1.807) is 0 Å². The van der Waals surface area contributed by atoms with E-state index in [1.165, 1.54) is 36.7 Å². The van der Waals surface area contributed by atoms with Gasteiger partial charge in [-0.2, -0.15) is 5.10 Å². The van der Waals surface area contributed by atoms with Gasteiger partial charge in [-0.05, 0) is 30.0 Å². The Bertz CT molecular complexity index is 1260. The van der Waals surface area contributed by atoms with Crippen LogP contribution < -0.4 is 9.46 Å². The molecule has 0 spiro atoms. The lowest BCUT2D eigenvalue weighted by Crippen LogP contribution is -2.21. The van der Waals surface area contributed by atoms with Crippen LogP contribution in [0.5, 0.6) is 11.5 Å². The van der Waals surface area contributed by atoms with Crippen molar-refractivity contribution in [1.82, 2.24) is 15.2 Å². The second-order valence-corrected chi connectivity index (χ2v) is 8.68. The number of nitrogens with one attached hydrogen (secondary N) is 2. The van der Waals surface area contributed by atoms with Gasteiger partial charge in [0.2, 0.25) is 0 Å². The Morgan fingerprint density at radius 3 is 2.47 bits per heavy atom. The van der Waals surface area contributed by atoms with Gasteiger partial charge in [0.05, 0.1) is 10.6 Å². The van der Waals surface area contributed by atoms with Gasteiger partial charge in [0, 0.05) is 11.1 Å². The van der Waals surface area contributed by atoms with Crippen LogP contribution in [-0.4, -0.2) is 35.1 Å². The van der Waals surface area contributed by atoms with Gasteiger partial charge in [0.25, 0.3) is 10.0 Å². The molecule has 2 aromatic carbocycles. The van der Waals surface area contributed by atoms with Crippen LogP contribution in [0.25, 0.3) is 12.2 Å². The first kappa shape index (κ1) is 23.2. The first-order valence-electron chi connectivity index (χ1n) is 8.61. The monoisotopic (exact) mass is 484 g/mol. The fraction of sp³-hybridized carbons (Fsp3) is 0.0526. The third kappa shape index (κ3) is 5.06. The molecule has 0 radical (unpaired) electrons. The Morgan fingerprint density at radius 1 is 1.19 bits per heavy atom. The number of aromatic amines is 1. The number of phenolic OH excluding ortho intramolecular Hbond substituents is 1. The summed E-state index contributed by atoms with van der Waals surface area (Å²) in [6, 6.07) is 5.60. The summed E-state index contributed by atoms with van der Waals surface area (Å²) in [6.45, 7) is 7.23. The smallest absolute Gasteiger partial charge is 0.506 e. The summed E-state index contributed by atoms with van der Waals surface area (Å²) in [4.78, 5) is 3.37. The van der Waals surface area contributed by atoms with Gasteiger partial charge in [-0.3, -0.25) is 9.82 Å². The summed E-state index contributed by atoms with van der Waals surface area (Å²) < 4.78 is 70.2. The van der Waals surface area contributed by atoms with E-state index in [2.05, 4.69) is 37.8 Å². The number of alkyl halides is 3. The number of hydrogen-bond acceptors (Lipinski definition) is 7. The third-order valence-corrected chi connectivity index (χ3v) is 6.29. The summed E-state index contributed by atoms with van der Waals surface area (Å²) >= 11 is 0.947. The van der Waals surface area contributed by atoms with Crippen LogP contribution in [0.3, 0.4) is 0 Å². The lowest BCUT2D eigenvalue weighted by molar-refractivity contribution is -0.275. The van der Waals surface area contributed by atoms with Crippen molar-refractivity contribution in [3.05, 3.63) is 60.9 Å². The van der Waals surface area contributed by atoms with Crippen molar-refractivity contribution < 1.29 is 31.4 Å². The molecule has 0 amide bonds. The van der Waals surface area contributed by atoms with E-state index in [9.17, 15) is 26.7 Å². The molecule has 0 aliphatic carbocycles. The molecule has 3 rings (SSSR count). The molecular weight excluding hydrogens is 469 g/mol. The van der Waals surface area contributed by atoms with Gasteiger partial charge in [-0.15, -0.1) is 13.2 Å². The molecule has 0 aliphatic heterocycles. The molecule has 0 bridgehead atoms. The van der Waals surface area contributed by atoms with E-state index in [4.69, 9.17) is 0 Å². The highest BCUT2D eigenvalue weighted by atomic mass is 32.2. The molecule has 0 unspecified atom stereocenters. The third-order valence-electron chi connectivity index (χ3n) is 3.96. The van der Waals surface area contributed by atoms with E-state index in [-0.39, 0.29) is 27.5 Å². The number of aromatic nitrogens is 3. The van der Waals surface area contributed by atoms with Crippen molar-refractivity contribution in [3.63, 3.8) is 0 Å². The van der Waals surface area contributed by atoms with Gasteiger partial charge in [-0.1, -0.05) is 37.4 Å². The number of rotatable bonds is 8. The minimum absolute atomic E-state index is 0.0588. The Hall–Kier alpha value is -3.45. The molecule has 13 heteroatoms. The van der Waals surface area contributed by atoms with Crippen LogP contribution in [0.15, 0.2) is 64.8 Å². The minimum atomic E-state index is -5.09. The van der Waals surface area contributed by atoms with E-state index >= 15 is 0 Å². The molecule has 32 heavy (non-hydrogen) atoms. The molecular formula is C19H15F3N4O4S2.